The molecule has 0 aromatic carbocycles. The van der Waals surface area contributed by atoms with Gasteiger partial charge in [-0.3, -0.25) is 4.79 Å². The maximum atomic E-state index is 12.2. The van der Waals surface area contributed by atoms with Crippen molar-refractivity contribution in [1.29, 1.82) is 0 Å². The molecular formula is C13H25N3O. The molecule has 0 unspecified atom stereocenters. The van der Waals surface area contributed by atoms with Gasteiger partial charge in [-0.2, -0.15) is 0 Å². The number of hydrogen-bond acceptors (Lipinski definition) is 3. The number of likely N-dealkylation sites (tertiary alicyclic amines) is 1. The predicted molar refractivity (Wildman–Crippen MR) is 68.6 cm³/mol. The summed E-state index contributed by atoms with van der Waals surface area (Å²) < 4.78 is 0. The summed E-state index contributed by atoms with van der Waals surface area (Å²) >= 11 is 0. The number of hydrogen-bond donors (Lipinski definition) is 2. The van der Waals surface area contributed by atoms with Gasteiger partial charge in [-0.25, -0.2) is 0 Å². The molecule has 2 fully saturated rings. The van der Waals surface area contributed by atoms with Crippen LogP contribution in [0.25, 0.3) is 0 Å². The molecule has 2 aliphatic rings. The third-order valence-electron chi connectivity index (χ3n) is 4.43. The molecule has 3 N–H and O–H groups in total. The Labute approximate surface area is 104 Å². The number of piperidine rings is 1. The van der Waals surface area contributed by atoms with Crippen molar-refractivity contribution in [3.05, 3.63) is 0 Å². The van der Waals surface area contributed by atoms with Gasteiger partial charge in [0.15, 0.2) is 0 Å². The van der Waals surface area contributed by atoms with Crippen LogP contribution in [0, 0.1) is 5.92 Å². The molecule has 17 heavy (non-hydrogen) atoms. The van der Waals surface area contributed by atoms with Crippen LogP contribution < -0.4 is 11.1 Å². The van der Waals surface area contributed by atoms with E-state index in [0.29, 0.717) is 6.54 Å². The van der Waals surface area contributed by atoms with Crippen molar-refractivity contribution < 1.29 is 4.79 Å². The van der Waals surface area contributed by atoms with Crippen molar-refractivity contribution in [2.45, 2.75) is 44.1 Å². The highest BCUT2D eigenvalue weighted by molar-refractivity contribution is 5.79. The van der Waals surface area contributed by atoms with E-state index in [-0.39, 0.29) is 17.4 Å². The Morgan fingerprint density at radius 2 is 1.94 bits per heavy atom. The van der Waals surface area contributed by atoms with E-state index in [9.17, 15) is 4.79 Å². The van der Waals surface area contributed by atoms with Crippen molar-refractivity contribution in [2.75, 3.05) is 26.7 Å². The molecule has 1 saturated heterocycles. The van der Waals surface area contributed by atoms with Crippen LogP contribution in [0.4, 0.5) is 0 Å². The van der Waals surface area contributed by atoms with E-state index in [0.717, 1.165) is 38.8 Å². The third kappa shape index (κ3) is 2.99. The maximum Gasteiger partial charge on any atom is 0.223 e. The monoisotopic (exact) mass is 239 g/mol. The molecule has 1 saturated carbocycles. The third-order valence-corrected chi connectivity index (χ3v) is 4.43. The van der Waals surface area contributed by atoms with Crippen molar-refractivity contribution in [1.82, 2.24) is 10.2 Å². The van der Waals surface area contributed by atoms with Crippen LogP contribution in [-0.2, 0) is 4.79 Å². The van der Waals surface area contributed by atoms with Gasteiger partial charge in [0.25, 0.3) is 0 Å². The molecule has 0 radical (unpaired) electrons. The van der Waals surface area contributed by atoms with Gasteiger partial charge in [-0.05, 0) is 45.8 Å². The molecule has 2 rings (SSSR count). The van der Waals surface area contributed by atoms with E-state index in [4.69, 9.17) is 5.73 Å². The molecule has 1 amide bonds. The smallest absolute Gasteiger partial charge is 0.223 e. The number of nitrogens with two attached hydrogens (primary N) is 1. The highest BCUT2D eigenvalue weighted by Gasteiger charge is 2.36. The van der Waals surface area contributed by atoms with E-state index in [1.165, 1.54) is 12.8 Å². The zero-order valence-electron chi connectivity index (χ0n) is 10.9. The molecule has 98 valence electrons. The lowest BCUT2D eigenvalue weighted by Gasteiger charge is -2.33. The largest absolute Gasteiger partial charge is 0.349 e. The second-order valence-electron chi connectivity index (χ2n) is 5.76. The second-order valence-corrected chi connectivity index (χ2v) is 5.76. The Morgan fingerprint density at radius 1 is 1.35 bits per heavy atom. The summed E-state index contributed by atoms with van der Waals surface area (Å²) in [7, 11) is 2.12. The molecule has 0 spiro atoms. The van der Waals surface area contributed by atoms with Gasteiger partial charge in [-0.15, -0.1) is 0 Å². The summed E-state index contributed by atoms with van der Waals surface area (Å²) in [4.78, 5) is 14.5. The lowest BCUT2D eigenvalue weighted by Crippen LogP contribution is -2.54. The van der Waals surface area contributed by atoms with Gasteiger partial charge in [0.05, 0.1) is 5.54 Å². The Balaban J connectivity index is 1.87. The molecule has 0 bridgehead atoms. The van der Waals surface area contributed by atoms with Crippen molar-refractivity contribution in [2.24, 2.45) is 11.7 Å². The molecule has 1 aliphatic carbocycles. The minimum Gasteiger partial charge on any atom is -0.349 e. The lowest BCUT2D eigenvalue weighted by molar-refractivity contribution is -0.128. The zero-order chi connectivity index (χ0) is 12.3. The van der Waals surface area contributed by atoms with Crippen molar-refractivity contribution in [3.8, 4) is 0 Å². The SMILES string of the molecule is CN1CCC(C(=O)NC2(CN)CCCC2)CC1. The van der Waals surface area contributed by atoms with Crippen LogP contribution in [-0.4, -0.2) is 43.0 Å². The topological polar surface area (TPSA) is 58.4 Å². The lowest BCUT2D eigenvalue weighted by atomic mass is 9.92. The normalized spacial score (nSPS) is 26.0. The first-order chi connectivity index (χ1) is 8.15. The minimum atomic E-state index is -0.0829. The number of nitrogens with zero attached hydrogens (tertiary/aromatic N) is 1. The highest BCUT2D eigenvalue weighted by atomic mass is 16.2. The Morgan fingerprint density at radius 3 is 2.47 bits per heavy atom. The Kier molecular flexibility index (Phi) is 4.05. The first kappa shape index (κ1) is 12.8. The van der Waals surface area contributed by atoms with E-state index in [1.54, 1.807) is 0 Å². The van der Waals surface area contributed by atoms with Gasteiger partial charge in [0.1, 0.15) is 0 Å². The average molecular weight is 239 g/mol. The molecule has 1 aliphatic heterocycles. The number of carbonyl (C=O) groups excluding carboxylic acids is 1. The van der Waals surface area contributed by atoms with Crippen molar-refractivity contribution in [3.63, 3.8) is 0 Å². The van der Waals surface area contributed by atoms with Crippen molar-refractivity contribution >= 4 is 5.91 Å². The summed E-state index contributed by atoms with van der Waals surface area (Å²) in [6, 6.07) is 0. The molecule has 4 heteroatoms. The average Bonchev–Trinajstić information content (AvgIpc) is 2.79. The van der Waals surface area contributed by atoms with Crippen LogP contribution >= 0.6 is 0 Å². The molecule has 0 aromatic rings. The molecule has 1 heterocycles. The predicted octanol–water partition coefficient (Wildman–Crippen LogP) is 0.716. The summed E-state index contributed by atoms with van der Waals surface area (Å²) in [6.45, 7) is 2.66. The summed E-state index contributed by atoms with van der Waals surface area (Å²) in [5, 5.41) is 3.24. The first-order valence-electron chi connectivity index (χ1n) is 6.86. The van der Waals surface area contributed by atoms with E-state index in [1.807, 2.05) is 0 Å². The maximum absolute atomic E-state index is 12.2. The number of carbonyl (C=O) groups is 1. The highest BCUT2D eigenvalue weighted by Crippen LogP contribution is 2.29. The van der Waals surface area contributed by atoms with E-state index in [2.05, 4.69) is 17.3 Å². The zero-order valence-corrected chi connectivity index (χ0v) is 10.9. The van der Waals surface area contributed by atoms with Crippen LogP contribution in [0.1, 0.15) is 38.5 Å². The van der Waals surface area contributed by atoms with Gasteiger partial charge in [0.2, 0.25) is 5.91 Å². The fraction of sp³-hybridized carbons (Fsp3) is 0.923. The second kappa shape index (κ2) is 5.36. The fourth-order valence-electron chi connectivity index (χ4n) is 3.07. The molecule has 0 aromatic heterocycles. The van der Waals surface area contributed by atoms with Gasteiger partial charge in [0, 0.05) is 12.5 Å². The quantitative estimate of drug-likeness (QED) is 0.763. The molecular weight excluding hydrogens is 214 g/mol. The minimum absolute atomic E-state index is 0.0829. The summed E-state index contributed by atoms with van der Waals surface area (Å²) in [6.07, 6.45) is 6.49. The Hall–Kier alpha value is -0.610. The first-order valence-corrected chi connectivity index (χ1v) is 6.86. The van der Waals surface area contributed by atoms with Crippen LogP contribution in [0.15, 0.2) is 0 Å². The van der Waals surface area contributed by atoms with E-state index < -0.39 is 0 Å². The van der Waals surface area contributed by atoms with Gasteiger partial charge >= 0.3 is 0 Å². The van der Waals surface area contributed by atoms with Gasteiger partial charge in [-0.1, -0.05) is 12.8 Å². The standard InChI is InChI=1S/C13H25N3O/c1-16-8-4-11(5-9-16)12(17)15-13(10-14)6-2-3-7-13/h11H,2-10,14H2,1H3,(H,15,17). The molecule has 0 atom stereocenters. The fourth-order valence-corrected chi connectivity index (χ4v) is 3.07. The number of rotatable bonds is 3. The van der Waals surface area contributed by atoms with E-state index >= 15 is 0 Å². The van der Waals surface area contributed by atoms with Crippen LogP contribution in [0.2, 0.25) is 0 Å². The number of nitrogens with one attached hydrogen (secondary N) is 1. The Bertz CT molecular complexity index is 266. The molecule has 4 nitrogen and oxygen atoms in total. The van der Waals surface area contributed by atoms with Crippen LogP contribution in [0.3, 0.4) is 0 Å². The summed E-state index contributed by atoms with van der Waals surface area (Å²) in [5.41, 5.74) is 5.76. The van der Waals surface area contributed by atoms with Gasteiger partial charge < -0.3 is 16.0 Å². The number of amides is 1. The van der Waals surface area contributed by atoms with Crippen LogP contribution in [0.5, 0.6) is 0 Å². The summed E-state index contributed by atoms with van der Waals surface area (Å²) in [5.74, 6) is 0.445.